The first kappa shape index (κ1) is 8.40. The molecule has 1 saturated heterocycles. The van der Waals surface area contributed by atoms with Crippen LogP contribution in [-0.4, -0.2) is 41.2 Å². The number of hydrogen-bond acceptors (Lipinski definition) is 5. The summed E-state index contributed by atoms with van der Waals surface area (Å²) in [4.78, 5) is 7.95. The summed E-state index contributed by atoms with van der Waals surface area (Å²) >= 11 is 0. The average Bonchev–Trinajstić information content (AvgIpc) is 2.21. The molecule has 0 aliphatic carbocycles. The first-order chi connectivity index (χ1) is 6.45. The standard InChI is InChI=1S/C8H13N5/c1-2-10-7-11-8(1)12-13-5-3-9-4-6-13/h1-2,7,9H,3-6H2,(H,10,11,12). The van der Waals surface area contributed by atoms with Gasteiger partial charge < -0.3 is 10.7 Å². The molecule has 5 heteroatoms. The van der Waals surface area contributed by atoms with Crippen molar-refractivity contribution in [3.63, 3.8) is 0 Å². The highest BCUT2D eigenvalue weighted by atomic mass is 15.5. The van der Waals surface area contributed by atoms with Crippen LogP contribution in [0.15, 0.2) is 18.6 Å². The number of anilines is 1. The fourth-order valence-corrected chi connectivity index (χ4v) is 1.30. The van der Waals surface area contributed by atoms with Crippen LogP contribution in [0.3, 0.4) is 0 Å². The minimum Gasteiger partial charge on any atom is -0.314 e. The third-order valence-corrected chi connectivity index (χ3v) is 1.97. The van der Waals surface area contributed by atoms with E-state index in [-0.39, 0.29) is 0 Å². The Hall–Kier alpha value is -1.20. The molecule has 1 aromatic rings. The number of nitrogens with zero attached hydrogens (tertiary/aromatic N) is 3. The quantitative estimate of drug-likeness (QED) is 0.653. The Morgan fingerprint density at radius 1 is 1.38 bits per heavy atom. The van der Waals surface area contributed by atoms with Crippen molar-refractivity contribution in [3.05, 3.63) is 18.6 Å². The predicted molar refractivity (Wildman–Crippen MR) is 50.1 cm³/mol. The van der Waals surface area contributed by atoms with Crippen LogP contribution in [0.1, 0.15) is 0 Å². The van der Waals surface area contributed by atoms with E-state index in [4.69, 9.17) is 0 Å². The minimum atomic E-state index is 0.858. The highest BCUT2D eigenvalue weighted by Gasteiger charge is 2.08. The van der Waals surface area contributed by atoms with Crippen molar-refractivity contribution in [2.75, 3.05) is 31.6 Å². The summed E-state index contributed by atoms with van der Waals surface area (Å²) in [7, 11) is 0. The Labute approximate surface area is 77.2 Å². The highest BCUT2D eigenvalue weighted by Crippen LogP contribution is 2.01. The van der Waals surface area contributed by atoms with E-state index in [2.05, 4.69) is 25.7 Å². The minimum absolute atomic E-state index is 0.858. The van der Waals surface area contributed by atoms with Crippen LogP contribution < -0.4 is 10.7 Å². The fraction of sp³-hybridized carbons (Fsp3) is 0.500. The summed E-state index contributed by atoms with van der Waals surface area (Å²) in [5.74, 6) is 0.858. The van der Waals surface area contributed by atoms with Crippen LogP contribution in [0, 0.1) is 0 Å². The molecule has 0 aromatic carbocycles. The summed E-state index contributed by atoms with van der Waals surface area (Å²) in [5.41, 5.74) is 3.22. The van der Waals surface area contributed by atoms with Gasteiger partial charge in [0.15, 0.2) is 0 Å². The lowest BCUT2D eigenvalue weighted by atomic mass is 10.4. The third-order valence-electron chi connectivity index (χ3n) is 1.97. The fourth-order valence-electron chi connectivity index (χ4n) is 1.30. The molecule has 5 nitrogen and oxygen atoms in total. The Kier molecular flexibility index (Phi) is 2.68. The molecule has 0 atom stereocenters. The highest BCUT2D eigenvalue weighted by molar-refractivity contribution is 5.30. The van der Waals surface area contributed by atoms with Gasteiger partial charge >= 0.3 is 0 Å². The molecule has 0 spiro atoms. The van der Waals surface area contributed by atoms with E-state index in [1.807, 2.05) is 6.07 Å². The lowest BCUT2D eigenvalue weighted by Gasteiger charge is -2.27. The number of hydrogen-bond donors (Lipinski definition) is 2. The second kappa shape index (κ2) is 4.15. The molecule has 0 unspecified atom stereocenters. The van der Waals surface area contributed by atoms with Crippen LogP contribution in [0.5, 0.6) is 0 Å². The number of piperazine rings is 1. The van der Waals surface area contributed by atoms with E-state index < -0.39 is 0 Å². The molecule has 0 amide bonds. The van der Waals surface area contributed by atoms with Crippen molar-refractivity contribution in [2.45, 2.75) is 0 Å². The number of nitrogens with one attached hydrogen (secondary N) is 2. The van der Waals surface area contributed by atoms with Crippen molar-refractivity contribution in [3.8, 4) is 0 Å². The predicted octanol–water partition coefficient (Wildman–Crippen LogP) is -0.291. The van der Waals surface area contributed by atoms with Crippen molar-refractivity contribution in [2.24, 2.45) is 0 Å². The van der Waals surface area contributed by atoms with Crippen LogP contribution in [0.25, 0.3) is 0 Å². The molecule has 1 fully saturated rings. The Morgan fingerprint density at radius 2 is 2.23 bits per heavy atom. The van der Waals surface area contributed by atoms with E-state index in [1.54, 1.807) is 12.5 Å². The summed E-state index contributed by atoms with van der Waals surface area (Å²) in [6.45, 7) is 4.06. The topological polar surface area (TPSA) is 53.1 Å². The average molecular weight is 179 g/mol. The van der Waals surface area contributed by atoms with Gasteiger partial charge in [0.05, 0.1) is 0 Å². The lowest BCUT2D eigenvalue weighted by molar-refractivity contribution is 0.286. The first-order valence-corrected chi connectivity index (χ1v) is 4.43. The van der Waals surface area contributed by atoms with Crippen LogP contribution >= 0.6 is 0 Å². The molecule has 2 heterocycles. The van der Waals surface area contributed by atoms with E-state index >= 15 is 0 Å². The molecule has 2 N–H and O–H groups in total. The van der Waals surface area contributed by atoms with Gasteiger partial charge in [0.2, 0.25) is 0 Å². The molecular formula is C8H13N5. The van der Waals surface area contributed by atoms with Gasteiger partial charge in [-0.15, -0.1) is 0 Å². The Balaban J connectivity index is 1.90. The zero-order chi connectivity index (χ0) is 8.93. The normalized spacial score (nSPS) is 18.5. The maximum atomic E-state index is 4.09. The van der Waals surface area contributed by atoms with Gasteiger partial charge in [0.25, 0.3) is 0 Å². The van der Waals surface area contributed by atoms with Crippen LogP contribution in [-0.2, 0) is 0 Å². The first-order valence-electron chi connectivity index (χ1n) is 4.43. The zero-order valence-electron chi connectivity index (χ0n) is 7.40. The maximum absolute atomic E-state index is 4.09. The molecule has 1 aromatic heterocycles. The molecule has 13 heavy (non-hydrogen) atoms. The number of rotatable bonds is 2. The molecule has 1 aliphatic heterocycles. The van der Waals surface area contributed by atoms with Crippen LogP contribution in [0.4, 0.5) is 5.82 Å². The van der Waals surface area contributed by atoms with Crippen molar-refractivity contribution in [1.29, 1.82) is 0 Å². The van der Waals surface area contributed by atoms with Crippen molar-refractivity contribution in [1.82, 2.24) is 20.3 Å². The van der Waals surface area contributed by atoms with Crippen molar-refractivity contribution >= 4 is 5.82 Å². The van der Waals surface area contributed by atoms with Gasteiger partial charge in [-0.05, 0) is 0 Å². The smallest absolute Gasteiger partial charge is 0.143 e. The largest absolute Gasteiger partial charge is 0.314 e. The molecule has 0 radical (unpaired) electrons. The Morgan fingerprint density at radius 3 is 2.92 bits per heavy atom. The Bertz CT molecular complexity index is 244. The maximum Gasteiger partial charge on any atom is 0.143 e. The summed E-state index contributed by atoms with van der Waals surface area (Å²) < 4.78 is 0. The van der Waals surface area contributed by atoms with Gasteiger partial charge in [-0.1, -0.05) is 0 Å². The van der Waals surface area contributed by atoms with Gasteiger partial charge in [-0.3, -0.25) is 0 Å². The molecule has 2 rings (SSSR count). The van der Waals surface area contributed by atoms with E-state index in [0.717, 1.165) is 32.0 Å². The van der Waals surface area contributed by atoms with Crippen molar-refractivity contribution < 1.29 is 0 Å². The lowest BCUT2D eigenvalue weighted by Crippen LogP contribution is -2.46. The molecule has 70 valence electrons. The van der Waals surface area contributed by atoms with E-state index in [9.17, 15) is 0 Å². The van der Waals surface area contributed by atoms with Gasteiger partial charge in [0.1, 0.15) is 12.1 Å². The molecule has 0 saturated carbocycles. The molecule has 0 bridgehead atoms. The summed E-state index contributed by atoms with van der Waals surface area (Å²) in [6, 6.07) is 1.86. The second-order valence-corrected chi connectivity index (χ2v) is 2.94. The van der Waals surface area contributed by atoms with Crippen LogP contribution in [0.2, 0.25) is 0 Å². The number of hydrazine groups is 1. The van der Waals surface area contributed by atoms with Gasteiger partial charge in [-0.2, -0.15) is 0 Å². The van der Waals surface area contributed by atoms with E-state index in [1.165, 1.54) is 0 Å². The summed E-state index contributed by atoms with van der Waals surface area (Å²) in [5, 5.41) is 5.44. The van der Waals surface area contributed by atoms with Gasteiger partial charge in [-0.25, -0.2) is 15.0 Å². The summed E-state index contributed by atoms with van der Waals surface area (Å²) in [6.07, 6.45) is 3.28. The zero-order valence-corrected chi connectivity index (χ0v) is 7.40. The van der Waals surface area contributed by atoms with E-state index in [0.29, 0.717) is 0 Å². The van der Waals surface area contributed by atoms with Gasteiger partial charge in [0, 0.05) is 38.4 Å². The molecular weight excluding hydrogens is 166 g/mol. The SMILES string of the molecule is c1cc(NN2CCNCC2)ncn1. The second-order valence-electron chi connectivity index (χ2n) is 2.94. The molecule has 1 aliphatic rings. The number of aromatic nitrogens is 2. The third kappa shape index (κ3) is 2.37. The monoisotopic (exact) mass is 179 g/mol.